The molecule has 0 aliphatic heterocycles. The number of nitrogens with zero attached hydrogens (tertiary/aromatic N) is 1. The van der Waals surface area contributed by atoms with Crippen LogP contribution in [0.4, 0.5) is 4.39 Å². The van der Waals surface area contributed by atoms with Gasteiger partial charge in [-0.15, -0.1) is 0 Å². The highest BCUT2D eigenvalue weighted by atomic mass is 35.5. The molecule has 0 fully saturated rings. The Hall–Kier alpha value is -1.13. The van der Waals surface area contributed by atoms with Crippen LogP contribution in [-0.4, -0.2) is 24.9 Å². The molecule has 0 saturated heterocycles. The SMILES string of the molecule is CN(C)C(=O)CC(N)c1cc(Cl)ccc1F. The molecule has 1 unspecified atom stereocenters. The van der Waals surface area contributed by atoms with Crippen LogP contribution in [0.2, 0.25) is 5.02 Å². The van der Waals surface area contributed by atoms with Gasteiger partial charge in [0.15, 0.2) is 0 Å². The van der Waals surface area contributed by atoms with Crippen LogP contribution < -0.4 is 5.73 Å². The Morgan fingerprint density at radius 1 is 1.56 bits per heavy atom. The van der Waals surface area contributed by atoms with Crippen LogP contribution in [0.15, 0.2) is 18.2 Å². The number of benzene rings is 1. The van der Waals surface area contributed by atoms with E-state index in [0.717, 1.165) is 0 Å². The van der Waals surface area contributed by atoms with Crippen molar-refractivity contribution in [2.24, 2.45) is 5.73 Å². The fraction of sp³-hybridized carbons (Fsp3) is 0.364. The molecule has 16 heavy (non-hydrogen) atoms. The van der Waals surface area contributed by atoms with Crippen molar-refractivity contribution in [1.82, 2.24) is 4.90 Å². The molecule has 5 heteroatoms. The average Bonchev–Trinajstić information content (AvgIpc) is 2.21. The van der Waals surface area contributed by atoms with Crippen LogP contribution in [0.3, 0.4) is 0 Å². The van der Waals surface area contributed by atoms with Gasteiger partial charge in [-0.3, -0.25) is 4.79 Å². The van der Waals surface area contributed by atoms with E-state index in [-0.39, 0.29) is 17.9 Å². The van der Waals surface area contributed by atoms with E-state index >= 15 is 0 Å². The van der Waals surface area contributed by atoms with E-state index in [9.17, 15) is 9.18 Å². The van der Waals surface area contributed by atoms with Crippen LogP contribution in [-0.2, 0) is 4.79 Å². The summed E-state index contributed by atoms with van der Waals surface area (Å²) < 4.78 is 13.4. The Bertz CT molecular complexity index is 396. The van der Waals surface area contributed by atoms with Crippen LogP contribution >= 0.6 is 11.6 Å². The maximum absolute atomic E-state index is 13.4. The third-order valence-corrected chi connectivity index (χ3v) is 2.49. The van der Waals surface area contributed by atoms with Gasteiger partial charge in [0, 0.05) is 37.1 Å². The number of carbonyl (C=O) groups excluding carboxylic acids is 1. The maximum atomic E-state index is 13.4. The van der Waals surface area contributed by atoms with Crippen molar-refractivity contribution in [2.75, 3.05) is 14.1 Å². The Balaban J connectivity index is 2.84. The lowest BCUT2D eigenvalue weighted by Gasteiger charge is -2.16. The van der Waals surface area contributed by atoms with Crippen LogP contribution in [0.5, 0.6) is 0 Å². The van der Waals surface area contributed by atoms with E-state index in [1.165, 1.54) is 23.1 Å². The first-order chi connectivity index (χ1) is 7.41. The van der Waals surface area contributed by atoms with Crippen molar-refractivity contribution in [2.45, 2.75) is 12.5 Å². The summed E-state index contributed by atoms with van der Waals surface area (Å²) in [7, 11) is 3.26. The highest BCUT2D eigenvalue weighted by Crippen LogP contribution is 2.22. The van der Waals surface area contributed by atoms with Gasteiger partial charge < -0.3 is 10.6 Å². The standard InChI is InChI=1S/C11H14ClFN2O/c1-15(2)11(16)6-10(14)8-5-7(12)3-4-9(8)13/h3-5,10H,6,14H2,1-2H3. The van der Waals surface area contributed by atoms with E-state index in [0.29, 0.717) is 5.02 Å². The first-order valence-corrected chi connectivity index (χ1v) is 5.20. The summed E-state index contributed by atoms with van der Waals surface area (Å²) in [6.07, 6.45) is 0.0598. The molecule has 0 spiro atoms. The molecule has 0 aliphatic carbocycles. The third-order valence-electron chi connectivity index (χ3n) is 2.25. The zero-order valence-electron chi connectivity index (χ0n) is 9.21. The summed E-state index contributed by atoms with van der Waals surface area (Å²) in [6.45, 7) is 0. The lowest BCUT2D eigenvalue weighted by Crippen LogP contribution is -2.26. The van der Waals surface area contributed by atoms with Crippen LogP contribution in [0.1, 0.15) is 18.0 Å². The first kappa shape index (κ1) is 12.9. The Labute approximate surface area is 99.0 Å². The third kappa shape index (κ3) is 3.18. The van der Waals surface area contributed by atoms with Gasteiger partial charge in [-0.1, -0.05) is 11.6 Å². The minimum Gasteiger partial charge on any atom is -0.349 e. The monoisotopic (exact) mass is 244 g/mol. The Kier molecular flexibility index (Phi) is 4.26. The number of amides is 1. The summed E-state index contributed by atoms with van der Waals surface area (Å²) in [4.78, 5) is 12.8. The molecule has 1 amide bonds. The summed E-state index contributed by atoms with van der Waals surface area (Å²) in [5.41, 5.74) is 6.02. The number of halogens is 2. The zero-order valence-corrected chi connectivity index (χ0v) is 9.96. The maximum Gasteiger partial charge on any atom is 0.223 e. The minimum absolute atomic E-state index is 0.0598. The second-order valence-corrected chi connectivity index (χ2v) is 4.20. The number of carbonyl (C=O) groups is 1. The summed E-state index contributed by atoms with van der Waals surface area (Å²) in [5, 5.41) is 0.407. The van der Waals surface area contributed by atoms with Gasteiger partial charge in [0.1, 0.15) is 5.82 Å². The molecule has 0 radical (unpaired) electrons. The molecule has 1 rings (SSSR count). The largest absolute Gasteiger partial charge is 0.349 e. The van der Waals surface area contributed by atoms with Crippen molar-refractivity contribution in [3.8, 4) is 0 Å². The quantitative estimate of drug-likeness (QED) is 0.884. The van der Waals surface area contributed by atoms with Gasteiger partial charge in [-0.25, -0.2) is 4.39 Å². The predicted octanol–water partition coefficient (Wildman–Crippen LogP) is 1.96. The number of hydrogen-bond donors (Lipinski definition) is 1. The molecule has 0 bridgehead atoms. The fourth-order valence-electron chi connectivity index (χ4n) is 1.28. The molecule has 1 atom stereocenters. The van der Waals surface area contributed by atoms with E-state index in [1.807, 2.05) is 0 Å². The topological polar surface area (TPSA) is 46.3 Å². The van der Waals surface area contributed by atoms with E-state index in [2.05, 4.69) is 0 Å². The van der Waals surface area contributed by atoms with E-state index in [4.69, 9.17) is 17.3 Å². The van der Waals surface area contributed by atoms with Crippen molar-refractivity contribution in [1.29, 1.82) is 0 Å². The van der Waals surface area contributed by atoms with E-state index in [1.54, 1.807) is 14.1 Å². The lowest BCUT2D eigenvalue weighted by atomic mass is 10.0. The van der Waals surface area contributed by atoms with Gasteiger partial charge in [-0.05, 0) is 18.2 Å². The normalized spacial score (nSPS) is 12.3. The summed E-state index contributed by atoms with van der Waals surface area (Å²) in [6, 6.07) is 3.47. The number of hydrogen-bond acceptors (Lipinski definition) is 2. The van der Waals surface area contributed by atoms with Gasteiger partial charge in [0.25, 0.3) is 0 Å². The van der Waals surface area contributed by atoms with Gasteiger partial charge in [0.05, 0.1) is 0 Å². The predicted molar refractivity (Wildman–Crippen MR) is 61.6 cm³/mol. The second kappa shape index (κ2) is 5.27. The molecular formula is C11H14ClFN2O. The Morgan fingerprint density at radius 3 is 2.75 bits per heavy atom. The second-order valence-electron chi connectivity index (χ2n) is 3.76. The molecule has 3 nitrogen and oxygen atoms in total. The molecule has 0 aromatic heterocycles. The fourth-order valence-corrected chi connectivity index (χ4v) is 1.46. The molecule has 2 N–H and O–H groups in total. The molecule has 0 aliphatic rings. The number of nitrogens with two attached hydrogens (primary N) is 1. The first-order valence-electron chi connectivity index (χ1n) is 4.82. The van der Waals surface area contributed by atoms with Gasteiger partial charge >= 0.3 is 0 Å². The van der Waals surface area contributed by atoms with Crippen molar-refractivity contribution < 1.29 is 9.18 Å². The van der Waals surface area contributed by atoms with Crippen molar-refractivity contribution >= 4 is 17.5 Å². The molecule has 1 aromatic rings. The average molecular weight is 245 g/mol. The van der Waals surface area contributed by atoms with E-state index < -0.39 is 11.9 Å². The summed E-state index contributed by atoms with van der Waals surface area (Å²) in [5.74, 6) is -0.588. The molecule has 0 heterocycles. The van der Waals surface area contributed by atoms with Gasteiger partial charge in [-0.2, -0.15) is 0 Å². The van der Waals surface area contributed by atoms with Crippen molar-refractivity contribution in [3.05, 3.63) is 34.6 Å². The smallest absolute Gasteiger partial charge is 0.223 e. The summed E-state index contributed by atoms with van der Waals surface area (Å²) >= 11 is 5.74. The Morgan fingerprint density at radius 2 is 2.19 bits per heavy atom. The highest BCUT2D eigenvalue weighted by Gasteiger charge is 2.16. The van der Waals surface area contributed by atoms with Crippen molar-refractivity contribution in [3.63, 3.8) is 0 Å². The molecule has 0 saturated carbocycles. The number of rotatable bonds is 3. The highest BCUT2D eigenvalue weighted by molar-refractivity contribution is 6.30. The van der Waals surface area contributed by atoms with Gasteiger partial charge in [0.2, 0.25) is 5.91 Å². The molecule has 88 valence electrons. The van der Waals surface area contributed by atoms with Crippen LogP contribution in [0.25, 0.3) is 0 Å². The van der Waals surface area contributed by atoms with Crippen LogP contribution in [0, 0.1) is 5.82 Å². The lowest BCUT2D eigenvalue weighted by molar-refractivity contribution is -0.129. The zero-order chi connectivity index (χ0) is 12.3. The minimum atomic E-state index is -0.673. The molecular weight excluding hydrogens is 231 g/mol. The molecule has 1 aromatic carbocycles.